The summed E-state index contributed by atoms with van der Waals surface area (Å²) in [6, 6.07) is -0.722. The fraction of sp³-hybridized carbons (Fsp3) is 0.843. The molecule has 7 unspecified atom stereocenters. The van der Waals surface area contributed by atoms with Crippen molar-refractivity contribution in [2.45, 2.75) is 365 Å². The molecule has 1 fully saturated rings. The van der Waals surface area contributed by atoms with Crippen LogP contribution in [0.2, 0.25) is 0 Å². The van der Waals surface area contributed by atoms with Crippen molar-refractivity contribution in [3.63, 3.8) is 0 Å². The third-order valence-corrected chi connectivity index (χ3v) is 16.1. The Kier molecular flexibility index (Phi) is 56.0. The van der Waals surface area contributed by atoms with E-state index in [1.165, 1.54) is 225 Å². The summed E-state index contributed by atoms with van der Waals surface area (Å²) < 4.78 is 11.4. The Labute approximate surface area is 487 Å². The number of rotatable bonds is 59. The monoisotopic (exact) mass is 1110 g/mol. The van der Waals surface area contributed by atoms with E-state index in [4.69, 9.17) is 9.47 Å². The lowest BCUT2D eigenvalue weighted by Crippen LogP contribution is -2.60. The van der Waals surface area contributed by atoms with Crippen molar-refractivity contribution in [2.75, 3.05) is 13.2 Å². The van der Waals surface area contributed by atoms with E-state index in [9.17, 15) is 30.3 Å². The summed E-state index contributed by atoms with van der Waals surface area (Å²) in [5, 5.41) is 54.9. The van der Waals surface area contributed by atoms with Gasteiger partial charge in [0.25, 0.3) is 0 Å². The Morgan fingerprint density at radius 3 is 1.16 bits per heavy atom. The molecule has 0 bridgehead atoms. The lowest BCUT2D eigenvalue weighted by Gasteiger charge is -2.40. The summed E-state index contributed by atoms with van der Waals surface area (Å²) in [4.78, 5) is 13.1. The Balaban J connectivity index is 2.13. The number of hydrogen-bond donors (Lipinski definition) is 6. The normalized spacial score (nSPS) is 18.9. The molecule has 7 atom stereocenters. The number of hydrogen-bond acceptors (Lipinski definition) is 8. The number of ether oxygens (including phenoxy) is 2. The van der Waals surface area contributed by atoms with Crippen LogP contribution in [0.4, 0.5) is 0 Å². The van der Waals surface area contributed by atoms with Crippen LogP contribution in [0.5, 0.6) is 0 Å². The van der Waals surface area contributed by atoms with E-state index in [0.717, 1.165) is 70.6 Å². The molecular formula is C70H129NO8. The van der Waals surface area contributed by atoms with Crippen molar-refractivity contribution >= 4 is 5.91 Å². The number of nitrogens with one attached hydrogen (secondary N) is 1. The van der Waals surface area contributed by atoms with E-state index in [1.54, 1.807) is 0 Å². The van der Waals surface area contributed by atoms with Crippen LogP contribution in [0, 0.1) is 0 Å². The minimum absolute atomic E-state index is 0.137. The van der Waals surface area contributed by atoms with E-state index in [2.05, 4.69) is 79.9 Å². The maximum Gasteiger partial charge on any atom is 0.220 e. The van der Waals surface area contributed by atoms with Crippen molar-refractivity contribution < 1.29 is 39.8 Å². The minimum Gasteiger partial charge on any atom is -0.394 e. The van der Waals surface area contributed by atoms with Crippen LogP contribution in [-0.2, 0) is 14.3 Å². The van der Waals surface area contributed by atoms with Gasteiger partial charge >= 0.3 is 0 Å². The van der Waals surface area contributed by atoms with Gasteiger partial charge in [0, 0.05) is 6.42 Å². The van der Waals surface area contributed by atoms with Gasteiger partial charge in [-0.05, 0) is 57.8 Å². The van der Waals surface area contributed by atoms with Crippen LogP contribution in [-0.4, -0.2) is 87.5 Å². The fourth-order valence-corrected chi connectivity index (χ4v) is 10.8. The fourth-order valence-electron chi connectivity index (χ4n) is 10.8. The molecule has 0 aromatic heterocycles. The SMILES string of the molecule is CC/C=C\C/C=C\C/C=C\C/C=C\C/C=C\CCCCCCCCCCCCCCCCCC(=O)NC(COC1OC(CO)C(O)C(O)C1O)C(O)CCCCCCCCCCCCCCCCCCCCCCCCCCC. The second-order valence-electron chi connectivity index (χ2n) is 23.6. The van der Waals surface area contributed by atoms with Crippen molar-refractivity contribution in [3.8, 4) is 0 Å². The van der Waals surface area contributed by atoms with E-state index >= 15 is 0 Å². The third-order valence-electron chi connectivity index (χ3n) is 16.1. The lowest BCUT2D eigenvalue weighted by atomic mass is 9.99. The molecule has 0 aliphatic carbocycles. The quantitative estimate of drug-likeness (QED) is 0.0261. The molecule has 1 rings (SSSR count). The molecule has 6 N–H and O–H groups in total. The first kappa shape index (κ1) is 74.9. The van der Waals surface area contributed by atoms with Crippen LogP contribution >= 0.6 is 0 Å². The predicted octanol–water partition coefficient (Wildman–Crippen LogP) is 18.2. The zero-order valence-corrected chi connectivity index (χ0v) is 51.6. The first-order valence-electron chi connectivity index (χ1n) is 34.0. The number of unbranched alkanes of at least 4 members (excludes halogenated alkanes) is 39. The van der Waals surface area contributed by atoms with E-state index in [-0.39, 0.29) is 12.5 Å². The minimum atomic E-state index is -1.56. The van der Waals surface area contributed by atoms with Crippen molar-refractivity contribution in [1.82, 2.24) is 5.32 Å². The highest BCUT2D eigenvalue weighted by Gasteiger charge is 2.44. The van der Waals surface area contributed by atoms with Gasteiger partial charge in [-0.3, -0.25) is 4.79 Å². The van der Waals surface area contributed by atoms with Gasteiger partial charge < -0.3 is 40.3 Å². The molecule has 1 aliphatic rings. The molecule has 1 saturated heterocycles. The van der Waals surface area contributed by atoms with Gasteiger partial charge in [-0.25, -0.2) is 0 Å². The van der Waals surface area contributed by atoms with Crippen molar-refractivity contribution in [1.29, 1.82) is 0 Å². The van der Waals surface area contributed by atoms with Gasteiger partial charge in [-0.1, -0.05) is 319 Å². The van der Waals surface area contributed by atoms with E-state index < -0.39 is 49.5 Å². The molecule has 1 aliphatic heterocycles. The number of carbonyl (C=O) groups excluding carboxylic acids is 1. The predicted molar refractivity (Wildman–Crippen MR) is 336 cm³/mol. The number of amides is 1. The molecule has 0 radical (unpaired) electrons. The Hall–Kier alpha value is -2.11. The topological polar surface area (TPSA) is 149 Å². The third kappa shape index (κ3) is 48.0. The summed E-state index contributed by atoms with van der Waals surface area (Å²) in [7, 11) is 0. The average molecular weight is 1110 g/mol. The first-order chi connectivity index (χ1) is 38.8. The van der Waals surface area contributed by atoms with Crippen LogP contribution in [0.15, 0.2) is 60.8 Å². The van der Waals surface area contributed by atoms with Crippen LogP contribution < -0.4 is 5.32 Å². The van der Waals surface area contributed by atoms with Gasteiger partial charge in [0.1, 0.15) is 24.4 Å². The molecule has 462 valence electrons. The number of carbonyl (C=O) groups is 1. The second kappa shape index (κ2) is 59.1. The number of aliphatic hydroxyl groups is 5. The highest BCUT2D eigenvalue weighted by atomic mass is 16.7. The standard InChI is InChI=1S/C70H129NO8/c1-3-5-7-9-11-13-15-17-19-21-23-25-27-29-30-31-32-33-34-36-38-40-42-44-46-48-50-52-54-56-58-60-66(74)71-63(62-78-70-69(77)68(76)67(75)65(61-72)79-70)64(73)59-57-55-53-51-49-47-45-43-41-39-37-35-28-26-24-22-20-18-16-14-12-10-8-6-4-2/h5,7,11,13,17,19,23,25,29-30,63-65,67-70,72-73,75-77H,3-4,6,8-10,12,14-16,18,20-22,24,26-28,31-62H2,1-2H3,(H,71,74)/b7-5-,13-11-,19-17-,25-23-,30-29-. The summed E-state index contributed by atoms with van der Waals surface area (Å²) in [6.07, 6.45) is 74.2. The largest absolute Gasteiger partial charge is 0.394 e. The average Bonchev–Trinajstić information content (AvgIpc) is 3.47. The molecule has 79 heavy (non-hydrogen) atoms. The number of allylic oxidation sites excluding steroid dienone is 10. The first-order valence-corrected chi connectivity index (χ1v) is 34.0. The number of aliphatic hydroxyl groups excluding tert-OH is 5. The molecule has 0 saturated carbocycles. The highest BCUT2D eigenvalue weighted by molar-refractivity contribution is 5.76. The molecule has 0 spiro atoms. The molecule has 9 heteroatoms. The van der Waals surface area contributed by atoms with Gasteiger partial charge in [0.15, 0.2) is 6.29 Å². The van der Waals surface area contributed by atoms with Gasteiger partial charge in [-0.15, -0.1) is 0 Å². The molecule has 9 nitrogen and oxygen atoms in total. The summed E-state index contributed by atoms with van der Waals surface area (Å²) >= 11 is 0. The Bertz CT molecular complexity index is 1430. The van der Waals surface area contributed by atoms with Crippen LogP contribution in [0.1, 0.15) is 322 Å². The lowest BCUT2D eigenvalue weighted by molar-refractivity contribution is -0.302. The van der Waals surface area contributed by atoms with Crippen molar-refractivity contribution in [2.24, 2.45) is 0 Å². The maximum absolute atomic E-state index is 13.1. The molecule has 1 heterocycles. The molecule has 1 amide bonds. The molecule has 0 aromatic carbocycles. The van der Waals surface area contributed by atoms with Gasteiger partial charge in [0.2, 0.25) is 5.91 Å². The summed E-state index contributed by atoms with van der Waals surface area (Å²) in [6.45, 7) is 3.77. The van der Waals surface area contributed by atoms with Crippen molar-refractivity contribution in [3.05, 3.63) is 60.8 Å². The van der Waals surface area contributed by atoms with E-state index in [1.807, 2.05) is 0 Å². The molecule has 0 aromatic rings. The van der Waals surface area contributed by atoms with Gasteiger partial charge in [0.05, 0.1) is 25.4 Å². The smallest absolute Gasteiger partial charge is 0.220 e. The van der Waals surface area contributed by atoms with Crippen LogP contribution in [0.25, 0.3) is 0 Å². The summed E-state index contributed by atoms with van der Waals surface area (Å²) in [5.41, 5.74) is 0. The zero-order valence-electron chi connectivity index (χ0n) is 51.6. The Morgan fingerprint density at radius 1 is 0.443 bits per heavy atom. The zero-order chi connectivity index (χ0) is 57.2. The van der Waals surface area contributed by atoms with Gasteiger partial charge in [-0.2, -0.15) is 0 Å². The second-order valence-corrected chi connectivity index (χ2v) is 23.6. The highest BCUT2D eigenvalue weighted by Crippen LogP contribution is 2.24. The van der Waals surface area contributed by atoms with Crippen LogP contribution in [0.3, 0.4) is 0 Å². The summed E-state index contributed by atoms with van der Waals surface area (Å²) in [5.74, 6) is -0.141. The molecular weight excluding hydrogens is 983 g/mol. The van der Waals surface area contributed by atoms with E-state index in [0.29, 0.717) is 12.8 Å². The maximum atomic E-state index is 13.1. The Morgan fingerprint density at radius 2 is 0.785 bits per heavy atom.